The number of unbranched alkanes of at least 4 members (excludes halogenated alkanes) is 14. The predicted molar refractivity (Wildman–Crippen MR) is 283 cm³/mol. The van der Waals surface area contributed by atoms with Gasteiger partial charge < -0.3 is 63.1 Å². The zero-order valence-corrected chi connectivity index (χ0v) is 48.1. The van der Waals surface area contributed by atoms with E-state index in [4.69, 9.17) is 52.8 Å². The van der Waals surface area contributed by atoms with E-state index in [9.17, 15) is 43.2 Å². The molecule has 0 saturated carbocycles. The fourth-order valence-corrected chi connectivity index (χ4v) is 7.42. The highest BCUT2D eigenvalue weighted by atomic mass is 32.1. The van der Waals surface area contributed by atoms with Gasteiger partial charge in [0.25, 0.3) is 5.88 Å². The van der Waals surface area contributed by atoms with E-state index in [1.54, 1.807) is 0 Å². The van der Waals surface area contributed by atoms with Gasteiger partial charge >= 0.3 is 53.7 Å². The van der Waals surface area contributed by atoms with E-state index < -0.39 is 96.5 Å². The minimum atomic E-state index is -1.57. The van der Waals surface area contributed by atoms with Crippen LogP contribution in [0.25, 0.3) is 0 Å². The molecule has 78 heavy (non-hydrogen) atoms. The molecule has 25 heteroatoms. The monoisotopic (exact) mass is 1130 g/mol. The second kappa shape index (κ2) is 39.4. The quantitative estimate of drug-likeness (QED) is 0.0273. The summed E-state index contributed by atoms with van der Waals surface area (Å²) in [5.41, 5.74) is -0.337. The molecular formula is C53H86N4O20S. The summed E-state index contributed by atoms with van der Waals surface area (Å²) in [7, 11) is 0. The topological polar surface area (TPSA) is 318 Å². The van der Waals surface area contributed by atoms with Crippen molar-refractivity contribution in [1.29, 1.82) is 0 Å². The Kier molecular flexibility index (Phi) is 35.4. The molecular weight excluding hydrogens is 1040 g/mol. The molecule has 1 fully saturated rings. The zero-order valence-electron chi connectivity index (χ0n) is 47.2. The minimum Gasteiger partial charge on any atom is -0.478 e. The first-order chi connectivity index (χ1) is 36.8. The van der Waals surface area contributed by atoms with Gasteiger partial charge in [-0.1, -0.05) is 96.8 Å². The van der Waals surface area contributed by atoms with Crippen LogP contribution in [0.5, 0.6) is 5.88 Å². The molecule has 0 bridgehead atoms. The van der Waals surface area contributed by atoms with Crippen molar-refractivity contribution < 1.29 is 96.0 Å². The summed E-state index contributed by atoms with van der Waals surface area (Å²) in [4.78, 5) is 110. The molecule has 24 nitrogen and oxygen atoms in total. The third-order valence-corrected chi connectivity index (χ3v) is 11.9. The normalized spacial score (nSPS) is 15.1. The summed E-state index contributed by atoms with van der Waals surface area (Å²) in [5.74, 6) is -8.58. The Balaban J connectivity index is 0.00000350. The van der Waals surface area contributed by atoms with Gasteiger partial charge in [0.05, 0.1) is 24.9 Å². The number of morpholine rings is 1. The Hall–Kier alpha value is -5.95. The molecule has 0 aliphatic carbocycles. The van der Waals surface area contributed by atoms with Crippen LogP contribution in [0, 0.1) is 0 Å². The Morgan fingerprint density at radius 3 is 1.29 bits per heavy atom. The summed E-state index contributed by atoms with van der Waals surface area (Å²) in [6.07, 6.45) is 9.53. The Morgan fingerprint density at radius 1 is 0.564 bits per heavy atom. The van der Waals surface area contributed by atoms with E-state index in [0.29, 0.717) is 50.7 Å². The Labute approximate surface area is 462 Å². The first-order valence-electron chi connectivity index (χ1n) is 26.9. The number of nitrogens with one attached hydrogen (secondary N) is 1. The summed E-state index contributed by atoms with van der Waals surface area (Å²) >= 11 is 0.987. The molecule has 2 rings (SSSR count). The maximum atomic E-state index is 13.1. The van der Waals surface area contributed by atoms with Crippen molar-refractivity contribution in [3.8, 4) is 5.88 Å². The third kappa shape index (κ3) is 32.7. The van der Waals surface area contributed by atoms with Crippen LogP contribution in [0.4, 0.5) is 5.82 Å². The molecule has 1 aromatic rings. The van der Waals surface area contributed by atoms with E-state index in [1.165, 1.54) is 112 Å². The van der Waals surface area contributed by atoms with Gasteiger partial charge in [-0.3, -0.25) is 4.79 Å². The third-order valence-electron chi connectivity index (χ3n) is 11.4. The Bertz CT molecular complexity index is 2010. The molecule has 0 amide bonds. The first-order valence-corrected chi connectivity index (χ1v) is 27.7. The van der Waals surface area contributed by atoms with Crippen molar-refractivity contribution >= 4 is 71.3 Å². The Morgan fingerprint density at radius 2 is 0.923 bits per heavy atom. The number of carbonyl (C=O) groups excluding carboxylic acids is 7. The van der Waals surface area contributed by atoms with Crippen LogP contribution in [0.1, 0.15) is 172 Å². The van der Waals surface area contributed by atoms with E-state index in [1.807, 2.05) is 25.7 Å². The fourth-order valence-electron chi connectivity index (χ4n) is 6.90. The van der Waals surface area contributed by atoms with Crippen molar-refractivity contribution in [2.45, 2.75) is 220 Å². The maximum Gasteiger partial charge on any atom is 0.347 e. The fraction of sp³-hybridized carbons (Fsp3) is 0.755. The van der Waals surface area contributed by atoms with Crippen LogP contribution in [-0.2, 0) is 81.0 Å². The summed E-state index contributed by atoms with van der Waals surface area (Å²) in [5, 5.41) is 18.9. The summed E-state index contributed by atoms with van der Waals surface area (Å²) < 4.78 is 56.4. The number of aromatic nitrogens is 2. The van der Waals surface area contributed by atoms with E-state index in [2.05, 4.69) is 21.0 Å². The molecule has 3 N–H and O–H groups in total. The van der Waals surface area contributed by atoms with Gasteiger partial charge in [0.1, 0.15) is 12.7 Å². The van der Waals surface area contributed by atoms with Gasteiger partial charge in [0.2, 0.25) is 5.82 Å². The molecule has 0 aromatic carbocycles. The van der Waals surface area contributed by atoms with Gasteiger partial charge in [0, 0.05) is 43.7 Å². The van der Waals surface area contributed by atoms with Crippen LogP contribution >= 0.6 is 11.7 Å². The van der Waals surface area contributed by atoms with E-state index in [-0.39, 0.29) is 31.0 Å². The zero-order chi connectivity index (χ0) is 58.6. The molecule has 2 heterocycles. The summed E-state index contributed by atoms with van der Waals surface area (Å²) in [6.45, 7) is 17.8. The van der Waals surface area contributed by atoms with Crippen molar-refractivity contribution in [2.24, 2.45) is 0 Å². The number of carbonyl (C=O) groups is 9. The first kappa shape index (κ1) is 70.1. The number of hydrogen-bond donors (Lipinski definition) is 3. The van der Waals surface area contributed by atoms with E-state index in [0.717, 1.165) is 31.0 Å². The number of hydrogen-bond acceptors (Lipinski definition) is 23. The predicted octanol–water partition coefficient (Wildman–Crippen LogP) is 6.62. The highest BCUT2D eigenvalue weighted by molar-refractivity contribution is 6.99. The van der Waals surface area contributed by atoms with Crippen LogP contribution < -0.4 is 15.0 Å². The number of aliphatic carboxylic acids is 2. The van der Waals surface area contributed by atoms with E-state index >= 15 is 0 Å². The maximum absolute atomic E-state index is 13.1. The highest BCUT2D eigenvalue weighted by Gasteiger charge is 2.33. The SMILES string of the molecule is CCCCCCCCCCCCCCCCCC(=O)O[C@@H](C)C(=O)O[C@@H](C)C(=O)O[C@@H](C)C(=O)O[C@@H](C)C(=O)O[C@@H](C)C(=O)O[C@@H](C)C(=O)O[C@@H](CNC(C)(C)C)COc1nsnc1N1CCOCC1.O=C(O)/C=C\C(=O)O. The molecule has 7 atom stereocenters. The van der Waals surface area contributed by atoms with Crippen molar-refractivity contribution in [2.75, 3.05) is 44.4 Å². The van der Waals surface area contributed by atoms with Crippen molar-refractivity contribution in [3.05, 3.63) is 12.2 Å². The molecule has 1 aliphatic heterocycles. The molecule has 1 aliphatic rings. The van der Waals surface area contributed by atoms with Crippen LogP contribution in [0.3, 0.4) is 0 Å². The average molecular weight is 1130 g/mol. The highest BCUT2D eigenvalue weighted by Crippen LogP contribution is 2.27. The lowest BCUT2D eigenvalue weighted by molar-refractivity contribution is -0.188. The molecule has 1 saturated heterocycles. The number of carboxylic acid groups (broad SMARTS) is 2. The average Bonchev–Trinajstić information content (AvgIpc) is 3.86. The van der Waals surface area contributed by atoms with Gasteiger partial charge in [0.15, 0.2) is 36.6 Å². The van der Waals surface area contributed by atoms with Gasteiger partial charge in [-0.15, -0.1) is 4.37 Å². The number of anilines is 1. The van der Waals surface area contributed by atoms with Crippen LogP contribution in [0.2, 0.25) is 0 Å². The summed E-state index contributed by atoms with van der Waals surface area (Å²) in [6, 6.07) is 0. The number of carboxylic acids is 2. The number of ether oxygens (including phenoxy) is 9. The second-order valence-corrected chi connectivity index (χ2v) is 20.3. The number of nitrogens with zero attached hydrogens (tertiary/aromatic N) is 3. The van der Waals surface area contributed by atoms with Gasteiger partial charge in [-0.2, -0.15) is 4.37 Å². The standard InChI is InChI=1S/C49H82N4O16S.C4H4O4/c1-11-12-13-14-15-16-17-18-19-20-21-22-23-24-25-26-40(54)63-33(2)43(55)64-34(3)44(56)65-35(4)45(57)66-36(5)46(58)67-37(6)47(59)68-38(7)48(60)69-39(31-50-49(8,9)10)32-62-42-41(51-70-52-42)53-27-29-61-30-28-53;5-3(6)1-2-4(7)8/h33-39,50H,11-32H2,1-10H3;1-2H,(H,5,6)(H,7,8)/b;2-1-/t33-,34-,35-,36-,37-,38-,39-;/m0./s1. The number of rotatable bonds is 37. The lowest BCUT2D eigenvalue weighted by atomic mass is 10.0. The molecule has 444 valence electrons. The minimum absolute atomic E-state index is 0.0926. The molecule has 1 aromatic heterocycles. The lowest BCUT2D eigenvalue weighted by Crippen LogP contribution is -2.45. The molecule has 0 unspecified atom stereocenters. The number of esters is 7. The van der Waals surface area contributed by atoms with Crippen LogP contribution in [0.15, 0.2) is 12.2 Å². The van der Waals surface area contributed by atoms with Crippen molar-refractivity contribution in [1.82, 2.24) is 14.1 Å². The van der Waals surface area contributed by atoms with Gasteiger partial charge in [-0.25, -0.2) is 38.4 Å². The largest absolute Gasteiger partial charge is 0.478 e. The molecule has 0 spiro atoms. The lowest BCUT2D eigenvalue weighted by Gasteiger charge is -2.28. The molecule has 0 radical (unpaired) electrons. The van der Waals surface area contributed by atoms with Crippen molar-refractivity contribution in [3.63, 3.8) is 0 Å². The van der Waals surface area contributed by atoms with Gasteiger partial charge in [-0.05, 0) is 68.7 Å². The smallest absolute Gasteiger partial charge is 0.347 e. The second-order valence-electron chi connectivity index (χ2n) is 19.7. The van der Waals surface area contributed by atoms with Crippen LogP contribution in [-0.4, -0.2) is 160 Å².